The molecule has 16 heavy (non-hydrogen) atoms. The molecule has 1 aromatic carbocycles. The lowest BCUT2D eigenvalue weighted by atomic mass is 10.1. The van der Waals surface area contributed by atoms with Crippen LogP contribution in [-0.4, -0.2) is 40.2 Å². The number of nitrogens with zero attached hydrogens (tertiary/aromatic N) is 1. The highest BCUT2D eigenvalue weighted by Crippen LogP contribution is 2.24. The largest absolute Gasteiger partial charge is 0.329 e. The number of hydrogen-bond acceptors (Lipinski definition) is 4. The molecule has 0 aliphatic carbocycles. The highest BCUT2D eigenvalue weighted by atomic mass is 32.2. The first-order valence-electron chi connectivity index (χ1n) is 5.03. The molecule has 0 aliphatic rings. The van der Waals surface area contributed by atoms with Crippen molar-refractivity contribution in [3.8, 4) is 0 Å². The quantitative estimate of drug-likeness (QED) is 0.842. The standard InChI is InChI=1S/C11H18N2O2S/c1-13(2)10(8-12)9-6-4-5-7-11(9)16(3,14)15/h4-7,10H,8,12H2,1-3H3. The van der Waals surface area contributed by atoms with Gasteiger partial charge in [-0.25, -0.2) is 8.42 Å². The Morgan fingerprint density at radius 2 is 1.88 bits per heavy atom. The van der Waals surface area contributed by atoms with Gasteiger partial charge in [-0.05, 0) is 25.7 Å². The van der Waals surface area contributed by atoms with Gasteiger partial charge in [0.25, 0.3) is 0 Å². The molecule has 1 rings (SSSR count). The van der Waals surface area contributed by atoms with E-state index in [1.54, 1.807) is 12.1 Å². The maximum atomic E-state index is 11.6. The molecule has 0 saturated carbocycles. The number of benzene rings is 1. The highest BCUT2D eigenvalue weighted by Gasteiger charge is 2.20. The Hall–Kier alpha value is -0.910. The van der Waals surface area contributed by atoms with Crippen LogP contribution in [0.1, 0.15) is 11.6 Å². The summed E-state index contributed by atoms with van der Waals surface area (Å²) >= 11 is 0. The van der Waals surface area contributed by atoms with Gasteiger partial charge in [0.2, 0.25) is 0 Å². The fraction of sp³-hybridized carbons (Fsp3) is 0.455. The zero-order valence-corrected chi connectivity index (χ0v) is 10.7. The zero-order valence-electron chi connectivity index (χ0n) is 9.84. The first-order valence-corrected chi connectivity index (χ1v) is 6.92. The van der Waals surface area contributed by atoms with Crippen molar-refractivity contribution in [2.75, 3.05) is 26.9 Å². The van der Waals surface area contributed by atoms with Gasteiger partial charge in [-0.1, -0.05) is 18.2 Å². The first kappa shape index (κ1) is 13.2. The van der Waals surface area contributed by atoms with E-state index in [1.165, 1.54) is 6.26 Å². The summed E-state index contributed by atoms with van der Waals surface area (Å²) in [5.74, 6) is 0. The lowest BCUT2D eigenvalue weighted by molar-refractivity contribution is 0.302. The summed E-state index contributed by atoms with van der Waals surface area (Å²) in [6.07, 6.45) is 1.22. The lowest BCUT2D eigenvalue weighted by Crippen LogP contribution is -2.28. The van der Waals surface area contributed by atoms with Crippen molar-refractivity contribution in [1.29, 1.82) is 0 Å². The van der Waals surface area contributed by atoms with Crippen LogP contribution in [0.2, 0.25) is 0 Å². The second-order valence-electron chi connectivity index (χ2n) is 4.03. The molecule has 0 radical (unpaired) electrons. The van der Waals surface area contributed by atoms with Crippen LogP contribution in [0.15, 0.2) is 29.2 Å². The van der Waals surface area contributed by atoms with E-state index in [0.717, 1.165) is 5.56 Å². The second kappa shape index (κ2) is 4.95. The topological polar surface area (TPSA) is 63.4 Å². The van der Waals surface area contributed by atoms with Gasteiger partial charge in [0.05, 0.1) is 4.90 Å². The van der Waals surface area contributed by atoms with Gasteiger partial charge >= 0.3 is 0 Å². The van der Waals surface area contributed by atoms with Crippen molar-refractivity contribution in [2.45, 2.75) is 10.9 Å². The van der Waals surface area contributed by atoms with Gasteiger partial charge in [0, 0.05) is 18.8 Å². The normalized spacial score (nSPS) is 14.1. The van der Waals surface area contributed by atoms with Crippen LogP contribution < -0.4 is 5.73 Å². The van der Waals surface area contributed by atoms with E-state index in [1.807, 2.05) is 31.1 Å². The molecule has 90 valence electrons. The third-order valence-electron chi connectivity index (χ3n) is 2.52. The molecule has 1 aromatic rings. The maximum Gasteiger partial charge on any atom is 0.175 e. The van der Waals surface area contributed by atoms with Crippen molar-refractivity contribution >= 4 is 9.84 Å². The average molecular weight is 242 g/mol. The summed E-state index contributed by atoms with van der Waals surface area (Å²) in [7, 11) is 0.567. The number of nitrogens with two attached hydrogens (primary N) is 1. The van der Waals surface area contributed by atoms with Gasteiger partial charge in [0.15, 0.2) is 9.84 Å². The van der Waals surface area contributed by atoms with Gasteiger partial charge in [-0.3, -0.25) is 0 Å². The van der Waals surface area contributed by atoms with Crippen LogP contribution >= 0.6 is 0 Å². The minimum absolute atomic E-state index is 0.0778. The monoisotopic (exact) mass is 242 g/mol. The third kappa shape index (κ3) is 2.81. The van der Waals surface area contributed by atoms with E-state index in [0.29, 0.717) is 11.4 Å². The fourth-order valence-electron chi connectivity index (χ4n) is 1.71. The Labute approximate surface area is 97.0 Å². The molecule has 0 aliphatic heterocycles. The van der Waals surface area contributed by atoms with Crippen molar-refractivity contribution in [1.82, 2.24) is 4.90 Å². The SMILES string of the molecule is CN(C)C(CN)c1ccccc1S(C)(=O)=O. The highest BCUT2D eigenvalue weighted by molar-refractivity contribution is 7.90. The van der Waals surface area contributed by atoms with Crippen molar-refractivity contribution in [3.63, 3.8) is 0 Å². The molecule has 5 heteroatoms. The van der Waals surface area contributed by atoms with Crippen molar-refractivity contribution in [3.05, 3.63) is 29.8 Å². The summed E-state index contributed by atoms with van der Waals surface area (Å²) in [5.41, 5.74) is 6.44. The fourth-order valence-corrected chi connectivity index (χ4v) is 2.67. The van der Waals surface area contributed by atoms with E-state index < -0.39 is 9.84 Å². The molecule has 0 spiro atoms. The van der Waals surface area contributed by atoms with Crippen LogP contribution in [0.4, 0.5) is 0 Å². The zero-order chi connectivity index (χ0) is 12.3. The third-order valence-corrected chi connectivity index (χ3v) is 3.69. The predicted octanol–water partition coefficient (Wildman–Crippen LogP) is 0.652. The Balaban J connectivity index is 3.33. The molecule has 0 amide bonds. The molecule has 1 unspecified atom stereocenters. The molecular weight excluding hydrogens is 224 g/mol. The molecular formula is C11H18N2O2S. The number of sulfone groups is 1. The summed E-state index contributed by atoms with van der Waals surface area (Å²) < 4.78 is 23.3. The Kier molecular flexibility index (Phi) is 4.07. The van der Waals surface area contributed by atoms with E-state index >= 15 is 0 Å². The molecule has 0 fully saturated rings. The van der Waals surface area contributed by atoms with Gasteiger partial charge in [0.1, 0.15) is 0 Å². The summed E-state index contributed by atoms with van der Waals surface area (Å²) in [5, 5.41) is 0. The van der Waals surface area contributed by atoms with Crippen LogP contribution in [0.5, 0.6) is 0 Å². The maximum absolute atomic E-state index is 11.6. The van der Waals surface area contributed by atoms with E-state index in [4.69, 9.17) is 5.73 Å². The molecule has 0 heterocycles. The number of rotatable bonds is 4. The molecule has 2 N–H and O–H groups in total. The van der Waals surface area contributed by atoms with Gasteiger partial charge in [-0.2, -0.15) is 0 Å². The molecule has 4 nitrogen and oxygen atoms in total. The Morgan fingerprint density at radius 1 is 1.31 bits per heavy atom. The van der Waals surface area contributed by atoms with Gasteiger partial charge in [-0.15, -0.1) is 0 Å². The minimum Gasteiger partial charge on any atom is -0.329 e. The average Bonchev–Trinajstić information content (AvgIpc) is 2.17. The summed E-state index contributed by atoms with van der Waals surface area (Å²) in [6, 6.07) is 6.91. The van der Waals surface area contributed by atoms with E-state index in [9.17, 15) is 8.42 Å². The van der Waals surface area contributed by atoms with Crippen molar-refractivity contribution < 1.29 is 8.42 Å². The lowest BCUT2D eigenvalue weighted by Gasteiger charge is -2.24. The molecule has 0 aromatic heterocycles. The van der Waals surface area contributed by atoms with Crippen molar-refractivity contribution in [2.24, 2.45) is 5.73 Å². The second-order valence-corrected chi connectivity index (χ2v) is 6.01. The first-order chi connectivity index (χ1) is 7.38. The van der Waals surface area contributed by atoms with E-state index in [-0.39, 0.29) is 6.04 Å². The molecule has 0 saturated heterocycles. The number of likely N-dealkylation sites (N-methyl/N-ethyl adjacent to an activating group) is 1. The van der Waals surface area contributed by atoms with E-state index in [2.05, 4.69) is 0 Å². The molecule has 0 bridgehead atoms. The van der Waals surface area contributed by atoms with Crippen LogP contribution in [0.3, 0.4) is 0 Å². The summed E-state index contributed by atoms with van der Waals surface area (Å²) in [6.45, 7) is 0.388. The van der Waals surface area contributed by atoms with Crippen LogP contribution in [-0.2, 0) is 9.84 Å². The number of hydrogen-bond donors (Lipinski definition) is 1. The minimum atomic E-state index is -3.20. The predicted molar refractivity (Wildman–Crippen MR) is 65.0 cm³/mol. The Morgan fingerprint density at radius 3 is 2.31 bits per heavy atom. The van der Waals surface area contributed by atoms with Crippen LogP contribution in [0, 0.1) is 0 Å². The smallest absolute Gasteiger partial charge is 0.175 e. The van der Waals surface area contributed by atoms with Gasteiger partial charge < -0.3 is 10.6 Å². The summed E-state index contributed by atoms with van der Waals surface area (Å²) in [4.78, 5) is 2.28. The molecule has 1 atom stereocenters. The van der Waals surface area contributed by atoms with Crippen LogP contribution in [0.25, 0.3) is 0 Å². The Bertz CT molecular complexity index is 455.